The monoisotopic (exact) mass is 193 g/mol. The molecular formula is C13H23N. The van der Waals surface area contributed by atoms with Crippen molar-refractivity contribution in [1.29, 1.82) is 0 Å². The van der Waals surface area contributed by atoms with Gasteiger partial charge in [-0.25, -0.2) is 0 Å². The first-order valence-corrected chi connectivity index (χ1v) is 5.44. The lowest BCUT2D eigenvalue weighted by atomic mass is 9.87. The highest BCUT2D eigenvalue weighted by Crippen LogP contribution is 2.30. The standard InChI is InChI=1S/C13H23N/c1-9(2)14-10(3)8-12(11(14)4)13(5,6)7/h8-9H,1-7H3. The lowest BCUT2D eigenvalue weighted by Gasteiger charge is -2.20. The van der Waals surface area contributed by atoms with Crippen molar-refractivity contribution in [2.75, 3.05) is 0 Å². The van der Waals surface area contributed by atoms with Gasteiger partial charge in [0.2, 0.25) is 0 Å². The Balaban J connectivity index is 3.31. The SMILES string of the molecule is Cc1cc(C(C)(C)C)c(C)n1C(C)C. The van der Waals surface area contributed by atoms with Gasteiger partial charge in [-0.1, -0.05) is 20.8 Å². The van der Waals surface area contributed by atoms with E-state index in [1.165, 1.54) is 17.0 Å². The maximum Gasteiger partial charge on any atom is 0.0279 e. The molecule has 1 aromatic rings. The molecule has 0 bridgehead atoms. The Morgan fingerprint density at radius 2 is 1.64 bits per heavy atom. The fourth-order valence-corrected chi connectivity index (χ4v) is 2.33. The second-order valence-electron chi connectivity index (χ2n) is 5.50. The van der Waals surface area contributed by atoms with E-state index in [1.54, 1.807) is 0 Å². The van der Waals surface area contributed by atoms with Crippen LogP contribution in [0.4, 0.5) is 0 Å². The molecule has 1 heteroatoms. The van der Waals surface area contributed by atoms with E-state index in [4.69, 9.17) is 0 Å². The molecule has 0 atom stereocenters. The third-order valence-electron chi connectivity index (χ3n) is 2.81. The van der Waals surface area contributed by atoms with Gasteiger partial charge in [-0.2, -0.15) is 0 Å². The molecule has 1 rings (SSSR count). The first-order chi connectivity index (χ1) is 6.25. The second kappa shape index (κ2) is 3.45. The zero-order valence-electron chi connectivity index (χ0n) is 10.6. The van der Waals surface area contributed by atoms with Crippen LogP contribution in [0.5, 0.6) is 0 Å². The fraction of sp³-hybridized carbons (Fsp3) is 0.692. The van der Waals surface area contributed by atoms with Gasteiger partial charge in [-0.3, -0.25) is 0 Å². The lowest BCUT2D eigenvalue weighted by Crippen LogP contribution is -2.13. The van der Waals surface area contributed by atoms with Crippen LogP contribution >= 0.6 is 0 Å². The Labute approximate surface area is 88.1 Å². The Morgan fingerprint density at radius 1 is 1.14 bits per heavy atom. The molecule has 1 aromatic heterocycles. The van der Waals surface area contributed by atoms with Crippen LogP contribution in [0.3, 0.4) is 0 Å². The van der Waals surface area contributed by atoms with Gasteiger partial charge >= 0.3 is 0 Å². The largest absolute Gasteiger partial charge is 0.346 e. The van der Waals surface area contributed by atoms with Crippen LogP contribution in [0.25, 0.3) is 0 Å². The van der Waals surface area contributed by atoms with Gasteiger partial charge < -0.3 is 4.57 Å². The summed E-state index contributed by atoms with van der Waals surface area (Å²) in [5, 5.41) is 0. The van der Waals surface area contributed by atoms with E-state index in [0.29, 0.717) is 6.04 Å². The summed E-state index contributed by atoms with van der Waals surface area (Å²) in [6, 6.07) is 2.89. The molecule has 80 valence electrons. The molecule has 0 aliphatic heterocycles. The van der Waals surface area contributed by atoms with E-state index in [-0.39, 0.29) is 5.41 Å². The summed E-state index contributed by atoms with van der Waals surface area (Å²) in [7, 11) is 0. The molecule has 0 aliphatic carbocycles. The van der Waals surface area contributed by atoms with Crippen molar-refractivity contribution in [3.8, 4) is 0 Å². The van der Waals surface area contributed by atoms with Crippen molar-refractivity contribution in [3.63, 3.8) is 0 Å². The Bertz CT molecular complexity index is 324. The summed E-state index contributed by atoms with van der Waals surface area (Å²) in [5.74, 6) is 0. The minimum Gasteiger partial charge on any atom is -0.346 e. The van der Waals surface area contributed by atoms with Crippen molar-refractivity contribution in [2.45, 2.75) is 59.9 Å². The van der Waals surface area contributed by atoms with Gasteiger partial charge in [-0.05, 0) is 44.7 Å². The minimum atomic E-state index is 0.259. The molecule has 0 aliphatic rings. The molecular weight excluding hydrogens is 170 g/mol. The molecule has 1 heterocycles. The van der Waals surface area contributed by atoms with Crippen LogP contribution in [-0.2, 0) is 5.41 Å². The zero-order valence-corrected chi connectivity index (χ0v) is 10.6. The van der Waals surface area contributed by atoms with Crippen molar-refractivity contribution in [2.24, 2.45) is 0 Å². The third kappa shape index (κ3) is 1.87. The average molecular weight is 193 g/mol. The number of hydrogen-bond acceptors (Lipinski definition) is 0. The molecule has 14 heavy (non-hydrogen) atoms. The molecule has 0 fully saturated rings. The molecule has 0 radical (unpaired) electrons. The molecule has 0 N–H and O–H groups in total. The average Bonchev–Trinajstić information content (AvgIpc) is 2.24. The molecule has 0 unspecified atom stereocenters. The van der Waals surface area contributed by atoms with Crippen molar-refractivity contribution in [3.05, 3.63) is 23.0 Å². The van der Waals surface area contributed by atoms with Gasteiger partial charge in [0.25, 0.3) is 0 Å². The van der Waals surface area contributed by atoms with Crippen LogP contribution in [-0.4, -0.2) is 4.57 Å². The number of rotatable bonds is 1. The Hall–Kier alpha value is -0.720. The van der Waals surface area contributed by atoms with Gasteiger partial charge in [0.05, 0.1) is 0 Å². The van der Waals surface area contributed by atoms with Crippen LogP contribution in [0.15, 0.2) is 6.07 Å². The first kappa shape index (κ1) is 11.4. The summed E-state index contributed by atoms with van der Waals surface area (Å²) in [5.41, 5.74) is 4.53. The maximum atomic E-state index is 2.42. The quantitative estimate of drug-likeness (QED) is 0.635. The molecule has 0 aromatic carbocycles. The van der Waals surface area contributed by atoms with E-state index >= 15 is 0 Å². The van der Waals surface area contributed by atoms with E-state index in [9.17, 15) is 0 Å². The second-order valence-corrected chi connectivity index (χ2v) is 5.50. The van der Waals surface area contributed by atoms with Crippen molar-refractivity contribution >= 4 is 0 Å². The van der Waals surface area contributed by atoms with Crippen LogP contribution in [0.2, 0.25) is 0 Å². The van der Waals surface area contributed by atoms with Crippen LogP contribution in [0.1, 0.15) is 57.6 Å². The highest BCUT2D eigenvalue weighted by Gasteiger charge is 2.21. The Kier molecular flexibility index (Phi) is 2.80. The predicted octanol–water partition coefficient (Wildman–Crippen LogP) is 3.98. The molecule has 0 spiro atoms. The number of nitrogens with zero attached hydrogens (tertiary/aromatic N) is 1. The van der Waals surface area contributed by atoms with Crippen LogP contribution < -0.4 is 0 Å². The number of hydrogen-bond donors (Lipinski definition) is 0. The molecule has 0 amide bonds. The smallest absolute Gasteiger partial charge is 0.0279 e. The maximum absolute atomic E-state index is 2.42. The van der Waals surface area contributed by atoms with Gasteiger partial charge in [-0.15, -0.1) is 0 Å². The van der Waals surface area contributed by atoms with Crippen molar-refractivity contribution < 1.29 is 0 Å². The summed E-state index contributed by atoms with van der Waals surface area (Å²) < 4.78 is 2.42. The van der Waals surface area contributed by atoms with Gasteiger partial charge in [0.15, 0.2) is 0 Å². The lowest BCUT2D eigenvalue weighted by molar-refractivity contribution is 0.550. The van der Waals surface area contributed by atoms with E-state index < -0.39 is 0 Å². The number of aromatic nitrogens is 1. The molecule has 1 nitrogen and oxygen atoms in total. The topological polar surface area (TPSA) is 4.93 Å². The summed E-state index contributed by atoms with van der Waals surface area (Å²) >= 11 is 0. The third-order valence-corrected chi connectivity index (χ3v) is 2.81. The summed E-state index contributed by atoms with van der Waals surface area (Å²) in [6.07, 6.45) is 0. The van der Waals surface area contributed by atoms with Gasteiger partial charge in [0, 0.05) is 17.4 Å². The van der Waals surface area contributed by atoms with E-state index in [1.807, 2.05) is 0 Å². The van der Waals surface area contributed by atoms with Crippen molar-refractivity contribution in [1.82, 2.24) is 4.57 Å². The summed E-state index contributed by atoms with van der Waals surface area (Å²) in [4.78, 5) is 0. The highest BCUT2D eigenvalue weighted by molar-refractivity contribution is 5.32. The predicted molar refractivity (Wildman–Crippen MR) is 63.0 cm³/mol. The fourth-order valence-electron chi connectivity index (χ4n) is 2.33. The molecule has 0 saturated carbocycles. The van der Waals surface area contributed by atoms with E-state index in [0.717, 1.165) is 0 Å². The zero-order chi connectivity index (χ0) is 11.1. The normalized spacial score (nSPS) is 12.6. The summed E-state index contributed by atoms with van der Waals surface area (Å²) in [6.45, 7) is 15.7. The first-order valence-electron chi connectivity index (χ1n) is 5.44. The highest BCUT2D eigenvalue weighted by atomic mass is 15.0. The van der Waals surface area contributed by atoms with E-state index in [2.05, 4.69) is 59.1 Å². The molecule has 0 saturated heterocycles. The number of aryl methyl sites for hydroxylation is 1. The van der Waals surface area contributed by atoms with Gasteiger partial charge in [0.1, 0.15) is 0 Å². The minimum absolute atomic E-state index is 0.259. The van der Waals surface area contributed by atoms with Crippen LogP contribution in [0, 0.1) is 13.8 Å². The Morgan fingerprint density at radius 3 is 1.86 bits per heavy atom.